The molecule has 26 heavy (non-hydrogen) atoms. The summed E-state index contributed by atoms with van der Waals surface area (Å²) >= 11 is 0. The van der Waals surface area contributed by atoms with Crippen LogP contribution in [0.1, 0.15) is 29.5 Å². The first-order valence-corrected chi connectivity index (χ1v) is 9.22. The van der Waals surface area contributed by atoms with Crippen LogP contribution in [-0.4, -0.2) is 30.6 Å². The molecular formula is C22H26N2O2. The summed E-state index contributed by atoms with van der Waals surface area (Å²) in [7, 11) is 0. The number of carbonyl (C=O) groups excluding carboxylic acids is 1. The maximum atomic E-state index is 11.7. The van der Waals surface area contributed by atoms with Crippen molar-refractivity contribution in [2.24, 2.45) is 0 Å². The SMILES string of the molecule is O=C(NCC=Cc1cccc(CN2CCCC2)c1)OCc1ccccc1. The maximum Gasteiger partial charge on any atom is 0.407 e. The molecule has 4 heteroatoms. The van der Waals surface area contributed by atoms with Crippen molar-refractivity contribution in [3.05, 3.63) is 77.4 Å². The lowest BCUT2D eigenvalue weighted by atomic mass is 10.1. The molecule has 0 aliphatic carbocycles. The number of alkyl carbamates (subject to hydrolysis) is 1. The minimum Gasteiger partial charge on any atom is -0.445 e. The average molecular weight is 350 g/mol. The van der Waals surface area contributed by atoms with E-state index in [1.807, 2.05) is 42.5 Å². The number of hydrogen-bond acceptors (Lipinski definition) is 3. The molecule has 0 aromatic heterocycles. The fourth-order valence-electron chi connectivity index (χ4n) is 3.11. The van der Waals surface area contributed by atoms with Crippen molar-refractivity contribution in [2.45, 2.75) is 26.0 Å². The number of nitrogens with zero attached hydrogens (tertiary/aromatic N) is 1. The second kappa shape index (κ2) is 9.78. The van der Waals surface area contributed by atoms with E-state index in [2.05, 4.69) is 34.5 Å². The van der Waals surface area contributed by atoms with Gasteiger partial charge in [0, 0.05) is 13.1 Å². The summed E-state index contributed by atoms with van der Waals surface area (Å²) in [5.74, 6) is 0. The number of ether oxygens (including phenoxy) is 1. The first-order chi connectivity index (χ1) is 12.8. The highest BCUT2D eigenvalue weighted by Gasteiger charge is 2.11. The molecule has 4 nitrogen and oxygen atoms in total. The zero-order valence-electron chi connectivity index (χ0n) is 15.1. The van der Waals surface area contributed by atoms with Crippen LogP contribution in [0.2, 0.25) is 0 Å². The molecule has 0 unspecified atom stereocenters. The maximum absolute atomic E-state index is 11.7. The van der Waals surface area contributed by atoms with Gasteiger partial charge in [-0.05, 0) is 42.6 Å². The van der Waals surface area contributed by atoms with Crippen LogP contribution < -0.4 is 5.32 Å². The Balaban J connectivity index is 1.39. The van der Waals surface area contributed by atoms with Crippen LogP contribution >= 0.6 is 0 Å². The minimum absolute atomic E-state index is 0.287. The molecule has 0 saturated carbocycles. The number of hydrogen-bond donors (Lipinski definition) is 1. The van der Waals surface area contributed by atoms with Crippen LogP contribution in [0.3, 0.4) is 0 Å². The van der Waals surface area contributed by atoms with E-state index in [1.54, 1.807) is 0 Å². The van der Waals surface area contributed by atoms with Gasteiger partial charge < -0.3 is 10.1 Å². The molecular weight excluding hydrogens is 324 g/mol. The Morgan fingerprint density at radius 1 is 1.04 bits per heavy atom. The number of rotatable bonds is 7. The molecule has 1 saturated heterocycles. The predicted molar refractivity (Wildman–Crippen MR) is 105 cm³/mol. The van der Waals surface area contributed by atoms with Crippen molar-refractivity contribution >= 4 is 12.2 Å². The van der Waals surface area contributed by atoms with Crippen molar-refractivity contribution < 1.29 is 9.53 Å². The molecule has 0 bridgehead atoms. The average Bonchev–Trinajstić information content (AvgIpc) is 3.18. The highest BCUT2D eigenvalue weighted by atomic mass is 16.5. The van der Waals surface area contributed by atoms with Crippen LogP contribution in [0.4, 0.5) is 4.79 Å². The Bertz CT molecular complexity index is 722. The van der Waals surface area contributed by atoms with Gasteiger partial charge in [-0.25, -0.2) is 4.79 Å². The number of likely N-dealkylation sites (tertiary alicyclic amines) is 1. The van der Waals surface area contributed by atoms with Gasteiger partial charge in [-0.2, -0.15) is 0 Å². The highest BCUT2D eigenvalue weighted by molar-refractivity contribution is 5.67. The van der Waals surface area contributed by atoms with Crippen LogP contribution in [-0.2, 0) is 17.9 Å². The van der Waals surface area contributed by atoms with E-state index in [0.29, 0.717) is 6.54 Å². The van der Waals surface area contributed by atoms with E-state index in [-0.39, 0.29) is 6.61 Å². The largest absolute Gasteiger partial charge is 0.445 e. The number of carbonyl (C=O) groups is 1. The van der Waals surface area contributed by atoms with Gasteiger partial charge in [-0.3, -0.25) is 4.90 Å². The second-order valence-electron chi connectivity index (χ2n) is 6.57. The van der Waals surface area contributed by atoms with E-state index >= 15 is 0 Å². The monoisotopic (exact) mass is 350 g/mol. The molecule has 1 amide bonds. The third kappa shape index (κ3) is 6.05. The molecule has 0 radical (unpaired) electrons. The lowest BCUT2D eigenvalue weighted by Gasteiger charge is -2.14. The van der Waals surface area contributed by atoms with Gasteiger partial charge >= 0.3 is 6.09 Å². The summed E-state index contributed by atoms with van der Waals surface area (Å²) in [5, 5.41) is 2.74. The number of benzene rings is 2. The van der Waals surface area contributed by atoms with Crippen molar-refractivity contribution in [3.63, 3.8) is 0 Å². The molecule has 0 spiro atoms. The lowest BCUT2D eigenvalue weighted by molar-refractivity contribution is 0.141. The van der Waals surface area contributed by atoms with Crippen LogP contribution in [0.5, 0.6) is 0 Å². The highest BCUT2D eigenvalue weighted by Crippen LogP contribution is 2.14. The summed E-state index contributed by atoms with van der Waals surface area (Å²) in [5.41, 5.74) is 3.47. The molecule has 1 aliphatic rings. The van der Waals surface area contributed by atoms with E-state index in [1.165, 1.54) is 31.5 Å². The first-order valence-electron chi connectivity index (χ1n) is 9.22. The quantitative estimate of drug-likeness (QED) is 0.813. The van der Waals surface area contributed by atoms with Gasteiger partial charge in [0.2, 0.25) is 0 Å². The van der Waals surface area contributed by atoms with Gasteiger partial charge in [0.1, 0.15) is 6.61 Å². The lowest BCUT2D eigenvalue weighted by Crippen LogP contribution is -2.24. The van der Waals surface area contributed by atoms with E-state index in [9.17, 15) is 4.79 Å². The Morgan fingerprint density at radius 2 is 1.81 bits per heavy atom. The Labute approximate surface area is 155 Å². The van der Waals surface area contributed by atoms with Gasteiger partial charge in [0.15, 0.2) is 0 Å². The second-order valence-corrected chi connectivity index (χ2v) is 6.57. The summed E-state index contributed by atoms with van der Waals surface area (Å²) in [6.07, 6.45) is 6.20. The fraction of sp³-hybridized carbons (Fsp3) is 0.318. The Kier molecular flexibility index (Phi) is 6.85. The summed E-state index contributed by atoms with van der Waals surface area (Å²) in [4.78, 5) is 14.2. The van der Waals surface area contributed by atoms with Crippen molar-refractivity contribution in [1.29, 1.82) is 0 Å². The molecule has 0 atom stereocenters. The topological polar surface area (TPSA) is 41.6 Å². The third-order valence-electron chi connectivity index (χ3n) is 4.44. The third-order valence-corrected chi connectivity index (χ3v) is 4.44. The van der Waals surface area contributed by atoms with Crippen LogP contribution in [0.15, 0.2) is 60.7 Å². The molecule has 1 fully saturated rings. The van der Waals surface area contributed by atoms with Gasteiger partial charge in [-0.1, -0.05) is 66.7 Å². The Morgan fingerprint density at radius 3 is 2.62 bits per heavy atom. The smallest absolute Gasteiger partial charge is 0.407 e. The molecule has 136 valence electrons. The van der Waals surface area contributed by atoms with Gasteiger partial charge in [0.05, 0.1) is 0 Å². The van der Waals surface area contributed by atoms with Crippen LogP contribution in [0.25, 0.3) is 6.08 Å². The standard InChI is InChI=1S/C22H26N2O2/c25-22(26-18-20-8-2-1-3-9-20)23-13-7-12-19-10-6-11-21(16-19)17-24-14-4-5-15-24/h1-3,6-12,16H,4-5,13-15,17-18H2,(H,23,25). The predicted octanol–water partition coefficient (Wildman–Crippen LogP) is 4.22. The summed E-state index contributed by atoms with van der Waals surface area (Å²) in [6.45, 7) is 4.16. The summed E-state index contributed by atoms with van der Waals surface area (Å²) < 4.78 is 5.18. The van der Waals surface area contributed by atoms with E-state index in [4.69, 9.17) is 4.74 Å². The zero-order valence-corrected chi connectivity index (χ0v) is 15.1. The molecule has 1 heterocycles. The van der Waals surface area contributed by atoms with E-state index in [0.717, 1.165) is 17.7 Å². The van der Waals surface area contributed by atoms with Crippen molar-refractivity contribution in [2.75, 3.05) is 19.6 Å². The Hall–Kier alpha value is -2.59. The van der Waals surface area contributed by atoms with Crippen molar-refractivity contribution in [3.8, 4) is 0 Å². The molecule has 3 rings (SSSR count). The van der Waals surface area contributed by atoms with Crippen LogP contribution in [0, 0.1) is 0 Å². The molecule has 1 N–H and O–H groups in total. The van der Waals surface area contributed by atoms with Crippen molar-refractivity contribution in [1.82, 2.24) is 10.2 Å². The fourth-order valence-corrected chi connectivity index (χ4v) is 3.11. The number of nitrogens with one attached hydrogen (secondary N) is 1. The molecule has 2 aromatic carbocycles. The van der Waals surface area contributed by atoms with Gasteiger partial charge in [0.25, 0.3) is 0 Å². The summed E-state index contributed by atoms with van der Waals surface area (Å²) in [6, 6.07) is 18.2. The minimum atomic E-state index is -0.402. The normalized spacial score (nSPS) is 14.6. The first kappa shape index (κ1) is 18.2. The zero-order chi connectivity index (χ0) is 18.0. The molecule has 2 aromatic rings. The molecule has 1 aliphatic heterocycles. The van der Waals surface area contributed by atoms with E-state index < -0.39 is 6.09 Å². The van der Waals surface area contributed by atoms with Gasteiger partial charge in [-0.15, -0.1) is 0 Å². The number of amides is 1.